The molecule has 0 aliphatic rings. The minimum absolute atomic E-state index is 0.0547. The molecule has 7 heteroatoms. The molecule has 0 fully saturated rings. The monoisotopic (exact) mass is 334 g/mol. The van der Waals surface area contributed by atoms with E-state index in [4.69, 9.17) is 5.26 Å². The second kappa shape index (κ2) is 6.37. The maximum atomic E-state index is 11.7. The van der Waals surface area contributed by atoms with Gasteiger partial charge in [-0.15, -0.1) is 0 Å². The third kappa shape index (κ3) is 3.14. The summed E-state index contributed by atoms with van der Waals surface area (Å²) in [5.74, 6) is 0.270. The van der Waals surface area contributed by atoms with Gasteiger partial charge in [-0.1, -0.05) is 29.0 Å². The molecule has 124 valence electrons. The van der Waals surface area contributed by atoms with E-state index < -0.39 is 11.2 Å². The minimum Gasteiger partial charge on any atom is -0.421 e. The van der Waals surface area contributed by atoms with Crippen LogP contribution in [0.4, 0.5) is 11.5 Å². The van der Waals surface area contributed by atoms with Crippen molar-refractivity contribution in [2.24, 2.45) is 7.05 Å². The van der Waals surface area contributed by atoms with Gasteiger partial charge in [-0.25, -0.2) is 4.79 Å². The van der Waals surface area contributed by atoms with E-state index in [0.717, 1.165) is 21.8 Å². The van der Waals surface area contributed by atoms with Gasteiger partial charge in [0.1, 0.15) is 5.82 Å². The van der Waals surface area contributed by atoms with Crippen molar-refractivity contribution >= 4 is 11.5 Å². The van der Waals surface area contributed by atoms with Crippen molar-refractivity contribution in [1.29, 1.82) is 5.26 Å². The smallest absolute Gasteiger partial charge is 0.365 e. The van der Waals surface area contributed by atoms with Crippen LogP contribution in [0.3, 0.4) is 0 Å². The van der Waals surface area contributed by atoms with E-state index in [1.54, 1.807) is 12.1 Å². The number of nitriles is 1. The van der Waals surface area contributed by atoms with Crippen molar-refractivity contribution < 1.29 is 5.21 Å². The van der Waals surface area contributed by atoms with Gasteiger partial charge in [0.05, 0.1) is 11.6 Å². The van der Waals surface area contributed by atoms with E-state index in [9.17, 15) is 14.8 Å². The fraction of sp³-hybridized carbons (Fsp3) is 0.0556. The third-order valence-electron chi connectivity index (χ3n) is 3.80. The van der Waals surface area contributed by atoms with E-state index in [2.05, 4.69) is 11.4 Å². The highest BCUT2D eigenvalue weighted by molar-refractivity contribution is 5.68. The molecule has 0 radical (unpaired) electrons. The molecule has 0 aliphatic heterocycles. The summed E-state index contributed by atoms with van der Waals surface area (Å²) in [5, 5.41) is 21.1. The van der Waals surface area contributed by atoms with Crippen molar-refractivity contribution in [2.45, 2.75) is 0 Å². The zero-order chi connectivity index (χ0) is 18.0. The minimum atomic E-state index is -0.829. The molecule has 0 saturated heterocycles. The molecular weight excluding hydrogens is 320 g/mol. The summed E-state index contributed by atoms with van der Waals surface area (Å²) in [6.07, 6.45) is 0. The number of hydrogen-bond acceptors (Lipinski definition) is 5. The first-order valence-corrected chi connectivity index (χ1v) is 7.39. The van der Waals surface area contributed by atoms with E-state index in [1.165, 1.54) is 7.05 Å². The predicted octanol–water partition coefficient (Wildman–Crippen LogP) is 2.07. The highest BCUT2D eigenvalue weighted by atomic mass is 16.5. The third-order valence-corrected chi connectivity index (χ3v) is 3.80. The molecule has 0 aliphatic carbocycles. The first-order valence-electron chi connectivity index (χ1n) is 7.39. The van der Waals surface area contributed by atoms with E-state index in [-0.39, 0.29) is 10.5 Å². The van der Waals surface area contributed by atoms with E-state index in [1.807, 2.05) is 36.4 Å². The summed E-state index contributed by atoms with van der Waals surface area (Å²) in [6, 6.07) is 17.8. The standard InChI is InChI=1S/C18H14N4O3/c1-21-16(10-17(23)22(25)18(21)24)20-15-8-6-14(7-9-15)13-4-2-12(11-19)3-5-13/h2-10,20,25H,1H3. The van der Waals surface area contributed by atoms with Gasteiger partial charge in [0.15, 0.2) is 0 Å². The van der Waals surface area contributed by atoms with Crippen LogP contribution in [0.5, 0.6) is 0 Å². The number of benzene rings is 2. The molecular formula is C18H14N4O3. The highest BCUT2D eigenvalue weighted by Crippen LogP contribution is 2.23. The van der Waals surface area contributed by atoms with Gasteiger partial charge in [-0.2, -0.15) is 5.26 Å². The lowest BCUT2D eigenvalue weighted by molar-refractivity contribution is 0.156. The fourth-order valence-corrected chi connectivity index (χ4v) is 2.37. The first kappa shape index (κ1) is 16.1. The van der Waals surface area contributed by atoms with Crippen LogP contribution in [-0.4, -0.2) is 14.5 Å². The van der Waals surface area contributed by atoms with Gasteiger partial charge in [0, 0.05) is 18.8 Å². The number of nitrogens with zero attached hydrogens (tertiary/aromatic N) is 3. The molecule has 2 aromatic carbocycles. The van der Waals surface area contributed by atoms with Crippen LogP contribution in [0.1, 0.15) is 5.56 Å². The van der Waals surface area contributed by atoms with Crippen LogP contribution in [0.15, 0.2) is 64.2 Å². The van der Waals surface area contributed by atoms with E-state index in [0.29, 0.717) is 11.3 Å². The Morgan fingerprint density at radius 2 is 1.56 bits per heavy atom. The van der Waals surface area contributed by atoms with Gasteiger partial charge >= 0.3 is 5.69 Å². The second-order valence-electron chi connectivity index (χ2n) is 5.41. The predicted molar refractivity (Wildman–Crippen MR) is 93.0 cm³/mol. The normalized spacial score (nSPS) is 10.2. The largest absolute Gasteiger partial charge is 0.421 e. The lowest BCUT2D eigenvalue weighted by Crippen LogP contribution is -2.37. The van der Waals surface area contributed by atoms with Crippen molar-refractivity contribution in [3.63, 3.8) is 0 Å². The molecule has 0 amide bonds. The van der Waals surface area contributed by atoms with Gasteiger partial charge in [-0.3, -0.25) is 9.36 Å². The summed E-state index contributed by atoms with van der Waals surface area (Å²) >= 11 is 0. The summed E-state index contributed by atoms with van der Waals surface area (Å²) < 4.78 is 1.19. The second-order valence-corrected chi connectivity index (χ2v) is 5.41. The van der Waals surface area contributed by atoms with Crippen LogP contribution >= 0.6 is 0 Å². The van der Waals surface area contributed by atoms with Crippen molar-refractivity contribution in [1.82, 2.24) is 9.30 Å². The lowest BCUT2D eigenvalue weighted by Gasteiger charge is -2.11. The summed E-state index contributed by atoms with van der Waals surface area (Å²) in [6.45, 7) is 0. The number of aromatic nitrogens is 2. The number of anilines is 2. The number of rotatable bonds is 3. The Labute approximate surface area is 142 Å². The zero-order valence-electron chi connectivity index (χ0n) is 13.3. The number of nitrogens with one attached hydrogen (secondary N) is 1. The van der Waals surface area contributed by atoms with Crippen LogP contribution < -0.4 is 16.6 Å². The quantitative estimate of drug-likeness (QED) is 0.714. The summed E-state index contributed by atoms with van der Waals surface area (Å²) in [4.78, 5) is 23.2. The molecule has 0 bridgehead atoms. The topological polar surface area (TPSA) is 100 Å². The molecule has 3 aromatic rings. The molecule has 1 heterocycles. The lowest BCUT2D eigenvalue weighted by atomic mass is 10.0. The van der Waals surface area contributed by atoms with E-state index >= 15 is 0 Å². The first-order chi connectivity index (χ1) is 12.0. The maximum Gasteiger partial charge on any atom is 0.365 e. The zero-order valence-corrected chi connectivity index (χ0v) is 13.3. The SMILES string of the molecule is Cn1c(Nc2ccc(-c3ccc(C#N)cc3)cc2)cc(=O)n(O)c1=O. The van der Waals surface area contributed by atoms with Crippen LogP contribution in [0.25, 0.3) is 11.1 Å². The molecule has 2 N–H and O–H groups in total. The Morgan fingerprint density at radius 3 is 2.12 bits per heavy atom. The Bertz CT molecular complexity index is 1070. The van der Waals surface area contributed by atoms with Crippen LogP contribution in [0.2, 0.25) is 0 Å². The molecule has 0 unspecified atom stereocenters. The molecule has 3 rings (SSSR count). The highest BCUT2D eigenvalue weighted by Gasteiger charge is 2.08. The van der Waals surface area contributed by atoms with Crippen LogP contribution in [0, 0.1) is 11.3 Å². The summed E-state index contributed by atoms with van der Waals surface area (Å²) in [5.41, 5.74) is 1.59. The van der Waals surface area contributed by atoms with Crippen molar-refractivity contribution in [3.05, 3.63) is 81.0 Å². The Balaban J connectivity index is 1.87. The molecule has 0 spiro atoms. The van der Waals surface area contributed by atoms with Crippen molar-refractivity contribution in [2.75, 3.05) is 5.32 Å². The van der Waals surface area contributed by atoms with Crippen LogP contribution in [-0.2, 0) is 7.05 Å². The Hall–Kier alpha value is -3.79. The maximum absolute atomic E-state index is 11.7. The molecule has 0 atom stereocenters. The Kier molecular flexibility index (Phi) is 4.10. The molecule has 1 aromatic heterocycles. The molecule has 25 heavy (non-hydrogen) atoms. The van der Waals surface area contributed by atoms with Gasteiger partial charge in [-0.05, 0) is 35.4 Å². The molecule has 7 nitrogen and oxygen atoms in total. The fourth-order valence-electron chi connectivity index (χ4n) is 2.37. The van der Waals surface area contributed by atoms with Gasteiger partial charge in [0.2, 0.25) is 0 Å². The summed E-state index contributed by atoms with van der Waals surface area (Å²) in [7, 11) is 1.45. The van der Waals surface area contributed by atoms with Crippen molar-refractivity contribution in [3.8, 4) is 17.2 Å². The average molecular weight is 334 g/mol. The van der Waals surface area contributed by atoms with Gasteiger partial charge in [0.25, 0.3) is 5.56 Å². The molecule has 0 saturated carbocycles. The number of hydrogen-bond donors (Lipinski definition) is 2. The van der Waals surface area contributed by atoms with Gasteiger partial charge < -0.3 is 10.5 Å². The Morgan fingerprint density at radius 1 is 1.00 bits per heavy atom. The average Bonchev–Trinajstić information content (AvgIpc) is 2.65.